The van der Waals surface area contributed by atoms with Crippen LogP contribution in [0.15, 0.2) is 24.3 Å². The van der Waals surface area contributed by atoms with Crippen LogP contribution >= 0.6 is 11.6 Å². The largest absolute Gasteiger partial charge is 0.352 e. The topological polar surface area (TPSA) is 49.4 Å². The molecule has 1 aliphatic rings. The number of likely N-dealkylation sites (tertiary alicyclic amines) is 1. The monoisotopic (exact) mass is 322 g/mol. The van der Waals surface area contributed by atoms with Crippen molar-refractivity contribution in [3.8, 4) is 0 Å². The molecule has 0 bridgehead atoms. The van der Waals surface area contributed by atoms with E-state index in [0.29, 0.717) is 24.4 Å². The summed E-state index contributed by atoms with van der Waals surface area (Å²) in [5.74, 6) is -0.0820. The van der Waals surface area contributed by atoms with Gasteiger partial charge in [-0.1, -0.05) is 36.7 Å². The number of nitrogens with zero attached hydrogens (tertiary/aromatic N) is 1. The Labute approximate surface area is 136 Å². The molecule has 1 aromatic carbocycles. The van der Waals surface area contributed by atoms with Crippen molar-refractivity contribution < 1.29 is 9.59 Å². The van der Waals surface area contributed by atoms with E-state index in [-0.39, 0.29) is 17.9 Å². The van der Waals surface area contributed by atoms with Crippen molar-refractivity contribution in [1.29, 1.82) is 0 Å². The number of rotatable bonds is 5. The maximum absolute atomic E-state index is 12.6. The molecule has 0 saturated carbocycles. The first-order valence-corrected chi connectivity index (χ1v) is 8.11. The summed E-state index contributed by atoms with van der Waals surface area (Å²) in [5.41, 5.74) is 0.0571. The number of hydrogen-bond donors (Lipinski definition) is 1. The molecule has 1 heterocycles. The summed E-state index contributed by atoms with van der Waals surface area (Å²) in [7, 11) is 0. The molecule has 0 aromatic heterocycles. The number of hydrogen-bond acceptors (Lipinski definition) is 2. The minimum absolute atomic E-state index is 0.00159. The van der Waals surface area contributed by atoms with Crippen LogP contribution in [0.1, 0.15) is 45.6 Å². The normalized spacial score (nSPS) is 22.7. The van der Waals surface area contributed by atoms with Gasteiger partial charge in [0.15, 0.2) is 0 Å². The molecule has 2 amide bonds. The summed E-state index contributed by atoms with van der Waals surface area (Å²) in [4.78, 5) is 26.6. The Balaban J connectivity index is 2.22. The first kappa shape index (κ1) is 16.8. The molecule has 1 saturated heterocycles. The van der Waals surface area contributed by atoms with Crippen LogP contribution in [-0.4, -0.2) is 28.3 Å². The lowest BCUT2D eigenvalue weighted by molar-refractivity contribution is -0.141. The van der Waals surface area contributed by atoms with Crippen molar-refractivity contribution in [1.82, 2.24) is 10.2 Å². The predicted octanol–water partition coefficient (Wildman–Crippen LogP) is 3.14. The maximum Gasteiger partial charge on any atom is 0.245 e. The number of carbonyl (C=O) groups excluding carboxylic acids is 2. The van der Waals surface area contributed by atoms with E-state index >= 15 is 0 Å². The Kier molecular flexibility index (Phi) is 5.12. The fourth-order valence-electron chi connectivity index (χ4n) is 2.67. The van der Waals surface area contributed by atoms with Gasteiger partial charge in [-0.05, 0) is 38.3 Å². The standard InChI is InChI=1S/C17H23ClN2O2/c1-4-12(2)19-16(22)17(3)10-9-15(21)20(17)11-13-7-5-6-8-14(13)18/h5-8,12H,4,9-11H2,1-3H3,(H,19,22). The highest BCUT2D eigenvalue weighted by Gasteiger charge is 2.47. The van der Waals surface area contributed by atoms with Gasteiger partial charge in [-0.15, -0.1) is 0 Å². The van der Waals surface area contributed by atoms with Gasteiger partial charge in [0.05, 0.1) is 0 Å². The van der Waals surface area contributed by atoms with Crippen LogP contribution in [0, 0.1) is 0 Å². The zero-order valence-corrected chi connectivity index (χ0v) is 14.1. The average Bonchev–Trinajstić information content (AvgIpc) is 2.78. The third-order valence-electron chi connectivity index (χ3n) is 4.49. The van der Waals surface area contributed by atoms with E-state index in [1.165, 1.54) is 0 Å². The first-order chi connectivity index (χ1) is 10.4. The molecule has 1 aromatic rings. The summed E-state index contributed by atoms with van der Waals surface area (Å²) >= 11 is 6.19. The average molecular weight is 323 g/mol. The maximum atomic E-state index is 12.6. The number of halogens is 1. The third-order valence-corrected chi connectivity index (χ3v) is 4.86. The fraction of sp³-hybridized carbons (Fsp3) is 0.529. The molecule has 5 heteroatoms. The van der Waals surface area contributed by atoms with Crippen molar-refractivity contribution in [2.75, 3.05) is 0 Å². The van der Waals surface area contributed by atoms with E-state index in [2.05, 4.69) is 5.32 Å². The van der Waals surface area contributed by atoms with Gasteiger partial charge >= 0.3 is 0 Å². The highest BCUT2D eigenvalue weighted by molar-refractivity contribution is 6.31. The van der Waals surface area contributed by atoms with Gasteiger partial charge in [0.1, 0.15) is 5.54 Å². The Morgan fingerprint density at radius 1 is 1.45 bits per heavy atom. The third kappa shape index (κ3) is 3.27. The van der Waals surface area contributed by atoms with Gasteiger partial charge in [0.25, 0.3) is 0 Å². The lowest BCUT2D eigenvalue weighted by Gasteiger charge is -2.35. The smallest absolute Gasteiger partial charge is 0.245 e. The van der Waals surface area contributed by atoms with Crippen LogP contribution in [0.25, 0.3) is 0 Å². The van der Waals surface area contributed by atoms with E-state index in [1.54, 1.807) is 11.0 Å². The number of carbonyl (C=O) groups is 2. The second kappa shape index (κ2) is 6.69. The Morgan fingerprint density at radius 2 is 2.14 bits per heavy atom. The van der Waals surface area contributed by atoms with Gasteiger partial charge in [0, 0.05) is 24.0 Å². The van der Waals surface area contributed by atoms with Crippen LogP contribution in [0.4, 0.5) is 0 Å². The SMILES string of the molecule is CCC(C)NC(=O)C1(C)CCC(=O)N1Cc1ccccc1Cl. The van der Waals surface area contributed by atoms with Crippen molar-refractivity contribution in [3.05, 3.63) is 34.9 Å². The predicted molar refractivity (Wildman–Crippen MR) is 87.5 cm³/mol. The molecule has 1 aliphatic heterocycles. The van der Waals surface area contributed by atoms with Crippen LogP contribution in [0.5, 0.6) is 0 Å². The molecule has 22 heavy (non-hydrogen) atoms. The lowest BCUT2D eigenvalue weighted by Crippen LogP contribution is -2.55. The van der Waals surface area contributed by atoms with Crippen molar-refractivity contribution in [2.45, 2.75) is 58.2 Å². The molecule has 0 aliphatic carbocycles. The van der Waals surface area contributed by atoms with E-state index in [0.717, 1.165) is 12.0 Å². The van der Waals surface area contributed by atoms with Gasteiger partial charge in [-0.3, -0.25) is 9.59 Å². The van der Waals surface area contributed by atoms with Gasteiger partial charge in [0.2, 0.25) is 11.8 Å². The van der Waals surface area contributed by atoms with Gasteiger partial charge in [-0.25, -0.2) is 0 Å². The van der Waals surface area contributed by atoms with E-state index in [9.17, 15) is 9.59 Å². The number of benzene rings is 1. The number of amides is 2. The van der Waals surface area contributed by atoms with Gasteiger partial charge in [-0.2, -0.15) is 0 Å². The van der Waals surface area contributed by atoms with Crippen LogP contribution in [0.3, 0.4) is 0 Å². The first-order valence-electron chi connectivity index (χ1n) is 7.73. The highest BCUT2D eigenvalue weighted by atomic mass is 35.5. The Morgan fingerprint density at radius 3 is 2.77 bits per heavy atom. The molecular weight excluding hydrogens is 300 g/mol. The quantitative estimate of drug-likeness (QED) is 0.905. The van der Waals surface area contributed by atoms with E-state index in [4.69, 9.17) is 11.6 Å². The minimum atomic E-state index is -0.806. The molecule has 4 nitrogen and oxygen atoms in total. The highest BCUT2D eigenvalue weighted by Crippen LogP contribution is 2.33. The summed E-state index contributed by atoms with van der Waals surface area (Å²) in [6, 6.07) is 7.53. The molecule has 2 rings (SSSR count). The summed E-state index contributed by atoms with van der Waals surface area (Å²) in [6.07, 6.45) is 1.80. The van der Waals surface area contributed by atoms with Crippen LogP contribution in [-0.2, 0) is 16.1 Å². The second-order valence-electron chi connectivity index (χ2n) is 6.13. The molecule has 1 fully saturated rings. The van der Waals surface area contributed by atoms with E-state index in [1.807, 2.05) is 39.0 Å². The molecule has 2 atom stereocenters. The summed E-state index contributed by atoms with van der Waals surface area (Å²) in [6.45, 7) is 6.19. The minimum Gasteiger partial charge on any atom is -0.352 e. The molecule has 0 radical (unpaired) electrons. The number of nitrogens with one attached hydrogen (secondary N) is 1. The van der Waals surface area contributed by atoms with Gasteiger partial charge < -0.3 is 10.2 Å². The fourth-order valence-corrected chi connectivity index (χ4v) is 2.87. The summed E-state index contributed by atoms with van der Waals surface area (Å²) in [5, 5.41) is 3.61. The molecule has 120 valence electrons. The van der Waals surface area contributed by atoms with Crippen LogP contribution in [0.2, 0.25) is 5.02 Å². The molecule has 1 N–H and O–H groups in total. The zero-order valence-electron chi connectivity index (χ0n) is 13.4. The Hall–Kier alpha value is -1.55. The zero-order chi connectivity index (χ0) is 16.3. The van der Waals surface area contributed by atoms with E-state index < -0.39 is 5.54 Å². The molecule has 2 unspecified atom stereocenters. The van der Waals surface area contributed by atoms with Crippen molar-refractivity contribution in [2.24, 2.45) is 0 Å². The van der Waals surface area contributed by atoms with Crippen LogP contribution < -0.4 is 5.32 Å². The summed E-state index contributed by atoms with van der Waals surface area (Å²) < 4.78 is 0. The molecule has 0 spiro atoms. The second-order valence-corrected chi connectivity index (χ2v) is 6.54. The Bertz CT molecular complexity index is 576. The lowest BCUT2D eigenvalue weighted by atomic mass is 9.96. The van der Waals surface area contributed by atoms with Crippen molar-refractivity contribution in [3.63, 3.8) is 0 Å². The molecular formula is C17H23ClN2O2. The van der Waals surface area contributed by atoms with Crippen molar-refractivity contribution >= 4 is 23.4 Å².